The monoisotopic (exact) mass is 262 g/mol. The number of aldehydes is 1. The first-order valence-corrected chi connectivity index (χ1v) is 5.63. The van der Waals surface area contributed by atoms with Gasteiger partial charge in [0.15, 0.2) is 6.29 Å². The zero-order valence-electron chi connectivity index (χ0n) is 9.58. The normalized spacial score (nSPS) is 12.5. The fourth-order valence-electron chi connectivity index (χ4n) is 1.33. The van der Waals surface area contributed by atoms with Gasteiger partial charge in [-0.2, -0.15) is 0 Å². The van der Waals surface area contributed by atoms with Crippen LogP contribution in [0.15, 0.2) is 6.07 Å². The number of carbonyl (C=O) groups excluding carboxylic acids is 1. The van der Waals surface area contributed by atoms with E-state index in [1.807, 2.05) is 0 Å². The molecule has 94 valence electrons. The Labute approximate surface area is 101 Å². The van der Waals surface area contributed by atoms with Gasteiger partial charge < -0.3 is 5.11 Å². The lowest BCUT2D eigenvalue weighted by atomic mass is 9.79. The number of carboxylic acids is 1. The molecule has 0 saturated heterocycles. The zero-order valence-corrected chi connectivity index (χ0v) is 10.4. The van der Waals surface area contributed by atoms with Crippen LogP contribution < -0.4 is 0 Å². The highest BCUT2D eigenvalue weighted by molar-refractivity contribution is 7.15. The van der Waals surface area contributed by atoms with Crippen molar-refractivity contribution < 1.29 is 23.5 Å². The lowest BCUT2D eigenvalue weighted by Gasteiger charge is -2.31. The SMILES string of the molecule is CC(F)(F)C(C)(C)c1cc(C=O)sc1C(=O)O. The highest BCUT2D eigenvalue weighted by Crippen LogP contribution is 2.42. The zero-order chi connectivity index (χ0) is 13.4. The van der Waals surface area contributed by atoms with E-state index in [0.717, 1.165) is 6.92 Å². The standard InChI is InChI=1S/C11H12F2O3S/c1-10(2,11(3,12)13)7-4-6(5-14)17-8(7)9(15)16/h4-5H,1-3H3,(H,15,16). The molecule has 6 heteroatoms. The van der Waals surface area contributed by atoms with Crippen LogP contribution in [0.25, 0.3) is 0 Å². The van der Waals surface area contributed by atoms with Crippen LogP contribution in [0.5, 0.6) is 0 Å². The lowest BCUT2D eigenvalue weighted by Crippen LogP contribution is -2.38. The number of hydrogen-bond acceptors (Lipinski definition) is 3. The second-order valence-corrected chi connectivity index (χ2v) is 5.41. The minimum atomic E-state index is -3.08. The summed E-state index contributed by atoms with van der Waals surface area (Å²) in [5.74, 6) is -4.38. The van der Waals surface area contributed by atoms with Gasteiger partial charge in [0.2, 0.25) is 0 Å². The van der Waals surface area contributed by atoms with E-state index in [2.05, 4.69) is 0 Å². The van der Waals surface area contributed by atoms with E-state index in [4.69, 9.17) is 5.11 Å². The third-order valence-corrected chi connectivity index (χ3v) is 3.88. The highest BCUT2D eigenvalue weighted by Gasteiger charge is 2.46. The molecule has 17 heavy (non-hydrogen) atoms. The molecular formula is C11H12F2O3S. The minimum absolute atomic E-state index is 0.00963. The summed E-state index contributed by atoms with van der Waals surface area (Å²) in [5.41, 5.74) is -1.65. The molecule has 0 atom stereocenters. The van der Waals surface area contributed by atoms with Gasteiger partial charge in [-0.25, -0.2) is 13.6 Å². The summed E-state index contributed by atoms with van der Waals surface area (Å²) in [6.45, 7) is 3.25. The van der Waals surface area contributed by atoms with Crippen molar-refractivity contribution in [1.82, 2.24) is 0 Å². The van der Waals surface area contributed by atoms with E-state index in [1.54, 1.807) is 0 Å². The number of carbonyl (C=O) groups is 2. The van der Waals surface area contributed by atoms with Crippen molar-refractivity contribution >= 4 is 23.6 Å². The van der Waals surface area contributed by atoms with Crippen LogP contribution in [-0.2, 0) is 5.41 Å². The molecule has 0 unspecified atom stereocenters. The molecule has 0 saturated carbocycles. The van der Waals surface area contributed by atoms with Crippen LogP contribution in [0.4, 0.5) is 8.78 Å². The third kappa shape index (κ3) is 2.36. The average Bonchev–Trinajstić information content (AvgIpc) is 2.59. The number of rotatable bonds is 4. The Morgan fingerprint density at radius 3 is 2.29 bits per heavy atom. The number of halogens is 2. The van der Waals surface area contributed by atoms with Crippen molar-refractivity contribution in [3.63, 3.8) is 0 Å². The molecule has 1 aromatic heterocycles. The van der Waals surface area contributed by atoms with Crippen molar-refractivity contribution in [3.05, 3.63) is 21.4 Å². The number of thiophene rings is 1. The van der Waals surface area contributed by atoms with Crippen molar-refractivity contribution in [2.75, 3.05) is 0 Å². The first kappa shape index (κ1) is 13.8. The van der Waals surface area contributed by atoms with Crippen LogP contribution in [0, 0.1) is 0 Å². The molecular weight excluding hydrogens is 250 g/mol. The highest BCUT2D eigenvalue weighted by atomic mass is 32.1. The van der Waals surface area contributed by atoms with Gasteiger partial charge >= 0.3 is 5.97 Å². The van der Waals surface area contributed by atoms with E-state index < -0.39 is 17.3 Å². The molecule has 0 aliphatic heterocycles. The van der Waals surface area contributed by atoms with Crippen LogP contribution in [0.1, 0.15) is 45.7 Å². The number of hydrogen-bond donors (Lipinski definition) is 1. The van der Waals surface area contributed by atoms with Gasteiger partial charge in [-0.1, -0.05) is 0 Å². The first-order chi connectivity index (χ1) is 7.61. The molecule has 0 aliphatic carbocycles. The van der Waals surface area contributed by atoms with Crippen LogP contribution >= 0.6 is 11.3 Å². The van der Waals surface area contributed by atoms with Crippen LogP contribution in [0.3, 0.4) is 0 Å². The fourth-order valence-corrected chi connectivity index (χ4v) is 2.30. The maximum atomic E-state index is 13.5. The number of alkyl halides is 2. The Balaban J connectivity index is 3.44. The Kier molecular flexibility index (Phi) is 3.38. The van der Waals surface area contributed by atoms with Crippen molar-refractivity contribution in [1.29, 1.82) is 0 Å². The van der Waals surface area contributed by atoms with Gasteiger partial charge in [0.1, 0.15) is 4.88 Å². The molecule has 0 radical (unpaired) electrons. The summed E-state index contributed by atoms with van der Waals surface area (Å²) >= 11 is 0.710. The molecule has 3 nitrogen and oxygen atoms in total. The van der Waals surface area contributed by atoms with E-state index in [9.17, 15) is 18.4 Å². The van der Waals surface area contributed by atoms with Crippen LogP contribution in [-0.4, -0.2) is 23.3 Å². The molecule has 0 aromatic carbocycles. The molecule has 0 fully saturated rings. The fraction of sp³-hybridized carbons (Fsp3) is 0.455. The van der Waals surface area contributed by atoms with Gasteiger partial charge in [0, 0.05) is 6.92 Å². The molecule has 1 aromatic rings. The largest absolute Gasteiger partial charge is 0.477 e. The Morgan fingerprint density at radius 2 is 1.94 bits per heavy atom. The Bertz CT molecular complexity index is 458. The maximum absolute atomic E-state index is 13.5. The molecule has 0 aliphatic rings. The number of carboxylic acid groups (broad SMARTS) is 1. The van der Waals surface area contributed by atoms with Gasteiger partial charge in [-0.15, -0.1) is 11.3 Å². The average molecular weight is 262 g/mol. The molecule has 1 heterocycles. The van der Waals surface area contributed by atoms with Crippen molar-refractivity contribution in [2.24, 2.45) is 0 Å². The molecule has 0 bridgehead atoms. The van der Waals surface area contributed by atoms with Crippen LogP contribution in [0.2, 0.25) is 0 Å². The molecule has 1 rings (SSSR count). The molecule has 0 amide bonds. The number of aromatic carboxylic acids is 1. The van der Waals surface area contributed by atoms with E-state index in [-0.39, 0.29) is 15.3 Å². The maximum Gasteiger partial charge on any atom is 0.346 e. The van der Waals surface area contributed by atoms with Gasteiger partial charge in [0.25, 0.3) is 5.92 Å². The Morgan fingerprint density at radius 1 is 1.41 bits per heavy atom. The van der Waals surface area contributed by atoms with Crippen molar-refractivity contribution in [3.8, 4) is 0 Å². The third-order valence-electron chi connectivity index (χ3n) is 2.83. The van der Waals surface area contributed by atoms with Crippen molar-refractivity contribution in [2.45, 2.75) is 32.1 Å². The first-order valence-electron chi connectivity index (χ1n) is 4.82. The predicted octanol–water partition coefficient (Wildman–Crippen LogP) is 3.19. The second-order valence-electron chi connectivity index (χ2n) is 4.33. The van der Waals surface area contributed by atoms with E-state index in [0.29, 0.717) is 17.6 Å². The summed E-state index contributed by atoms with van der Waals surface area (Å²) in [7, 11) is 0. The van der Waals surface area contributed by atoms with Gasteiger partial charge in [-0.05, 0) is 25.5 Å². The summed E-state index contributed by atoms with van der Waals surface area (Å²) < 4.78 is 26.9. The second kappa shape index (κ2) is 4.18. The summed E-state index contributed by atoms with van der Waals surface area (Å²) in [4.78, 5) is 21.5. The minimum Gasteiger partial charge on any atom is -0.477 e. The van der Waals surface area contributed by atoms with E-state index >= 15 is 0 Å². The topological polar surface area (TPSA) is 54.4 Å². The van der Waals surface area contributed by atoms with E-state index in [1.165, 1.54) is 19.9 Å². The summed E-state index contributed by atoms with van der Waals surface area (Å²) in [5, 5.41) is 8.95. The Hall–Kier alpha value is -1.30. The molecule has 1 N–H and O–H groups in total. The molecule has 0 spiro atoms. The van der Waals surface area contributed by atoms with Gasteiger partial charge in [0.05, 0.1) is 10.3 Å². The summed E-state index contributed by atoms with van der Waals surface area (Å²) in [6.07, 6.45) is 0.463. The smallest absolute Gasteiger partial charge is 0.346 e. The quantitative estimate of drug-likeness (QED) is 0.848. The van der Waals surface area contributed by atoms with Gasteiger partial charge in [-0.3, -0.25) is 4.79 Å². The summed E-state index contributed by atoms with van der Waals surface area (Å²) in [6, 6.07) is 1.22. The lowest BCUT2D eigenvalue weighted by molar-refractivity contribution is -0.0468. The predicted molar refractivity (Wildman–Crippen MR) is 60.3 cm³/mol.